The summed E-state index contributed by atoms with van der Waals surface area (Å²) < 4.78 is 4.76. The standard InChI is InChI=1S/C9H18O3/c1-9(11)12-8-6-4-2-3-5-7-10/h10H,2-8H2,1H3. The molecule has 0 radical (unpaired) electrons. The summed E-state index contributed by atoms with van der Waals surface area (Å²) in [7, 11) is 0. The largest absolute Gasteiger partial charge is 0.466 e. The van der Waals surface area contributed by atoms with Gasteiger partial charge in [-0.15, -0.1) is 0 Å². The quantitative estimate of drug-likeness (QED) is 0.470. The first-order chi connectivity index (χ1) is 5.77. The Balaban J connectivity index is 2.86. The van der Waals surface area contributed by atoms with E-state index in [9.17, 15) is 4.79 Å². The fourth-order valence-corrected chi connectivity index (χ4v) is 0.960. The van der Waals surface area contributed by atoms with Crippen LogP contribution in [0.3, 0.4) is 0 Å². The summed E-state index contributed by atoms with van der Waals surface area (Å²) in [6.07, 6.45) is 5.07. The van der Waals surface area contributed by atoms with Crippen LogP contribution in [0, 0.1) is 0 Å². The zero-order valence-electron chi connectivity index (χ0n) is 7.71. The molecular formula is C9H18O3. The number of esters is 1. The molecule has 0 bridgehead atoms. The maximum Gasteiger partial charge on any atom is 0.302 e. The van der Waals surface area contributed by atoms with Gasteiger partial charge in [0, 0.05) is 13.5 Å². The molecule has 12 heavy (non-hydrogen) atoms. The highest BCUT2D eigenvalue weighted by atomic mass is 16.5. The van der Waals surface area contributed by atoms with E-state index in [2.05, 4.69) is 0 Å². The van der Waals surface area contributed by atoms with Crippen molar-refractivity contribution in [2.75, 3.05) is 13.2 Å². The SMILES string of the molecule is CC(=O)OCCCCCCCO. The van der Waals surface area contributed by atoms with E-state index in [1.807, 2.05) is 0 Å². The van der Waals surface area contributed by atoms with E-state index >= 15 is 0 Å². The molecule has 3 nitrogen and oxygen atoms in total. The number of rotatable bonds is 7. The molecule has 0 fully saturated rings. The molecule has 0 aromatic heterocycles. The molecule has 0 aliphatic carbocycles. The first-order valence-electron chi connectivity index (χ1n) is 4.51. The number of hydrogen-bond acceptors (Lipinski definition) is 3. The molecule has 0 saturated carbocycles. The first-order valence-corrected chi connectivity index (χ1v) is 4.51. The average Bonchev–Trinajstić information content (AvgIpc) is 2.02. The monoisotopic (exact) mass is 174 g/mol. The average molecular weight is 174 g/mol. The van der Waals surface area contributed by atoms with E-state index in [0.717, 1.165) is 32.1 Å². The van der Waals surface area contributed by atoms with E-state index in [4.69, 9.17) is 9.84 Å². The lowest BCUT2D eigenvalue weighted by Crippen LogP contribution is -2.00. The van der Waals surface area contributed by atoms with Gasteiger partial charge in [-0.1, -0.05) is 19.3 Å². The zero-order chi connectivity index (χ0) is 9.23. The van der Waals surface area contributed by atoms with Gasteiger partial charge in [-0.2, -0.15) is 0 Å². The minimum atomic E-state index is -0.203. The predicted molar refractivity (Wildman–Crippen MR) is 46.8 cm³/mol. The molecular weight excluding hydrogens is 156 g/mol. The van der Waals surface area contributed by atoms with E-state index in [-0.39, 0.29) is 12.6 Å². The lowest BCUT2D eigenvalue weighted by molar-refractivity contribution is -0.141. The Bertz CT molecular complexity index is 112. The maximum atomic E-state index is 10.3. The number of hydrogen-bond donors (Lipinski definition) is 1. The molecule has 0 unspecified atom stereocenters. The van der Waals surface area contributed by atoms with Crippen LogP contribution in [0.2, 0.25) is 0 Å². The Labute approximate surface area is 73.7 Å². The smallest absolute Gasteiger partial charge is 0.302 e. The van der Waals surface area contributed by atoms with Crippen LogP contribution in [0.1, 0.15) is 39.0 Å². The molecule has 0 aliphatic heterocycles. The van der Waals surface area contributed by atoms with Crippen LogP contribution in [0.4, 0.5) is 0 Å². The Morgan fingerprint density at radius 1 is 1.17 bits per heavy atom. The van der Waals surface area contributed by atoms with Gasteiger partial charge in [-0.05, 0) is 12.8 Å². The van der Waals surface area contributed by atoms with E-state index in [0.29, 0.717) is 6.61 Å². The highest BCUT2D eigenvalue weighted by molar-refractivity contribution is 5.65. The zero-order valence-corrected chi connectivity index (χ0v) is 7.71. The summed E-state index contributed by atoms with van der Waals surface area (Å²) in [4.78, 5) is 10.3. The molecule has 72 valence electrons. The predicted octanol–water partition coefficient (Wildman–Crippen LogP) is 1.49. The Kier molecular flexibility index (Phi) is 8.12. The fourth-order valence-electron chi connectivity index (χ4n) is 0.960. The number of carbonyl (C=O) groups is 1. The molecule has 0 heterocycles. The van der Waals surface area contributed by atoms with Crippen molar-refractivity contribution in [3.63, 3.8) is 0 Å². The molecule has 0 aromatic carbocycles. The van der Waals surface area contributed by atoms with Gasteiger partial charge in [0.1, 0.15) is 0 Å². The van der Waals surface area contributed by atoms with E-state index < -0.39 is 0 Å². The number of ether oxygens (including phenoxy) is 1. The second-order valence-corrected chi connectivity index (χ2v) is 2.83. The van der Waals surface area contributed by atoms with Crippen LogP contribution >= 0.6 is 0 Å². The molecule has 0 amide bonds. The lowest BCUT2D eigenvalue weighted by atomic mass is 10.1. The van der Waals surface area contributed by atoms with Crippen molar-refractivity contribution in [2.45, 2.75) is 39.0 Å². The van der Waals surface area contributed by atoms with Crippen LogP contribution in [-0.2, 0) is 9.53 Å². The van der Waals surface area contributed by atoms with E-state index in [1.54, 1.807) is 0 Å². The normalized spacial score (nSPS) is 9.83. The Morgan fingerprint density at radius 3 is 2.33 bits per heavy atom. The summed E-state index contributed by atoms with van der Waals surface area (Å²) in [6.45, 7) is 2.24. The van der Waals surface area contributed by atoms with Crippen molar-refractivity contribution >= 4 is 5.97 Å². The minimum absolute atomic E-state index is 0.203. The number of carbonyl (C=O) groups excluding carboxylic acids is 1. The Hall–Kier alpha value is -0.570. The van der Waals surface area contributed by atoms with Crippen molar-refractivity contribution in [1.82, 2.24) is 0 Å². The van der Waals surface area contributed by atoms with Crippen molar-refractivity contribution in [3.8, 4) is 0 Å². The fraction of sp³-hybridized carbons (Fsp3) is 0.889. The number of aliphatic hydroxyl groups is 1. The summed E-state index contributed by atoms with van der Waals surface area (Å²) in [5.41, 5.74) is 0. The third-order valence-electron chi connectivity index (χ3n) is 1.61. The topological polar surface area (TPSA) is 46.5 Å². The van der Waals surface area contributed by atoms with Crippen LogP contribution in [-0.4, -0.2) is 24.3 Å². The van der Waals surface area contributed by atoms with Gasteiger partial charge >= 0.3 is 5.97 Å². The van der Waals surface area contributed by atoms with Crippen molar-refractivity contribution in [3.05, 3.63) is 0 Å². The van der Waals surface area contributed by atoms with Crippen LogP contribution in [0.15, 0.2) is 0 Å². The minimum Gasteiger partial charge on any atom is -0.466 e. The van der Waals surface area contributed by atoms with E-state index in [1.165, 1.54) is 6.92 Å². The van der Waals surface area contributed by atoms with Crippen LogP contribution in [0.5, 0.6) is 0 Å². The van der Waals surface area contributed by atoms with Gasteiger partial charge in [0.05, 0.1) is 6.61 Å². The maximum absolute atomic E-state index is 10.3. The molecule has 0 atom stereocenters. The Morgan fingerprint density at radius 2 is 1.75 bits per heavy atom. The van der Waals surface area contributed by atoms with Gasteiger partial charge < -0.3 is 9.84 Å². The lowest BCUT2D eigenvalue weighted by Gasteiger charge is -2.00. The molecule has 0 rings (SSSR count). The molecule has 3 heteroatoms. The number of unbranched alkanes of at least 4 members (excludes halogenated alkanes) is 4. The van der Waals surface area contributed by atoms with Crippen LogP contribution in [0.25, 0.3) is 0 Å². The van der Waals surface area contributed by atoms with Gasteiger partial charge in [-0.25, -0.2) is 0 Å². The van der Waals surface area contributed by atoms with Crippen molar-refractivity contribution in [1.29, 1.82) is 0 Å². The molecule has 0 aromatic rings. The molecule has 0 saturated heterocycles. The first kappa shape index (κ1) is 11.4. The van der Waals surface area contributed by atoms with Crippen LogP contribution < -0.4 is 0 Å². The van der Waals surface area contributed by atoms with Gasteiger partial charge in [0.15, 0.2) is 0 Å². The summed E-state index contributed by atoms with van der Waals surface area (Å²) >= 11 is 0. The summed E-state index contributed by atoms with van der Waals surface area (Å²) in [5, 5.41) is 8.47. The molecule has 1 N–H and O–H groups in total. The highest BCUT2D eigenvalue weighted by Gasteiger charge is 1.92. The molecule has 0 aliphatic rings. The number of aliphatic hydroxyl groups excluding tert-OH is 1. The van der Waals surface area contributed by atoms with Gasteiger partial charge in [-0.3, -0.25) is 4.79 Å². The second-order valence-electron chi connectivity index (χ2n) is 2.83. The third kappa shape index (κ3) is 9.43. The second kappa shape index (κ2) is 8.53. The highest BCUT2D eigenvalue weighted by Crippen LogP contribution is 2.02. The van der Waals surface area contributed by atoms with Gasteiger partial charge in [0.25, 0.3) is 0 Å². The van der Waals surface area contributed by atoms with Crippen molar-refractivity contribution < 1.29 is 14.6 Å². The summed E-state index contributed by atoms with van der Waals surface area (Å²) in [5.74, 6) is -0.203. The molecule has 0 spiro atoms. The third-order valence-corrected chi connectivity index (χ3v) is 1.61. The van der Waals surface area contributed by atoms with Crippen molar-refractivity contribution in [2.24, 2.45) is 0 Å². The van der Waals surface area contributed by atoms with Gasteiger partial charge in [0.2, 0.25) is 0 Å². The summed E-state index contributed by atoms with van der Waals surface area (Å²) in [6, 6.07) is 0.